The Labute approximate surface area is 121 Å². The van der Waals surface area contributed by atoms with Gasteiger partial charge in [0.2, 0.25) is 0 Å². The fraction of sp³-hybridized carbons (Fsp3) is 0.812. The van der Waals surface area contributed by atoms with Crippen LogP contribution >= 0.6 is 0 Å². The first-order valence-corrected chi connectivity index (χ1v) is 7.91. The fourth-order valence-electron chi connectivity index (χ4n) is 3.00. The van der Waals surface area contributed by atoms with E-state index in [1.165, 1.54) is 19.3 Å². The molecule has 2 unspecified atom stereocenters. The van der Waals surface area contributed by atoms with Gasteiger partial charge in [-0.2, -0.15) is 0 Å². The second kappa shape index (κ2) is 8.88. The fourth-order valence-corrected chi connectivity index (χ4v) is 3.00. The van der Waals surface area contributed by atoms with Crippen LogP contribution in [0.4, 0.5) is 0 Å². The first kappa shape index (κ1) is 16.9. The third-order valence-corrected chi connectivity index (χ3v) is 4.25. The zero-order valence-corrected chi connectivity index (χ0v) is 12.5. The summed E-state index contributed by atoms with van der Waals surface area (Å²) in [6.45, 7) is 2.17. The van der Waals surface area contributed by atoms with E-state index >= 15 is 0 Å². The number of aliphatic hydroxyl groups excluding tert-OH is 2. The molecule has 1 fully saturated rings. The Morgan fingerprint density at radius 1 is 0.950 bits per heavy atom. The first-order valence-electron chi connectivity index (χ1n) is 7.91. The summed E-state index contributed by atoms with van der Waals surface area (Å²) in [6.07, 6.45) is 9.24. The minimum Gasteiger partial charge on any atom is -0.509 e. The SMILES string of the molecule is CCCCCCCC/C(O)=C(\O)C1CCCC1C(=O)O. The average molecular weight is 284 g/mol. The van der Waals surface area contributed by atoms with Crippen LogP contribution in [-0.4, -0.2) is 21.3 Å². The minimum atomic E-state index is -0.869. The number of hydrogen-bond acceptors (Lipinski definition) is 3. The highest BCUT2D eigenvalue weighted by Gasteiger charge is 2.36. The molecule has 0 aromatic rings. The van der Waals surface area contributed by atoms with Gasteiger partial charge < -0.3 is 15.3 Å². The minimum absolute atomic E-state index is 0.00126. The monoisotopic (exact) mass is 284 g/mol. The molecule has 0 heterocycles. The molecule has 2 atom stereocenters. The van der Waals surface area contributed by atoms with E-state index in [1.807, 2.05) is 0 Å². The lowest BCUT2D eigenvalue weighted by Gasteiger charge is -2.16. The molecule has 0 aromatic carbocycles. The summed E-state index contributed by atoms with van der Waals surface area (Å²) in [5.74, 6) is -1.89. The molecule has 4 nitrogen and oxygen atoms in total. The number of carbonyl (C=O) groups is 1. The highest BCUT2D eigenvalue weighted by Crippen LogP contribution is 2.37. The number of rotatable bonds is 9. The molecule has 0 saturated heterocycles. The molecule has 0 aliphatic heterocycles. The number of aliphatic hydroxyl groups is 2. The Balaban J connectivity index is 2.38. The van der Waals surface area contributed by atoms with E-state index in [1.54, 1.807) is 0 Å². The molecule has 0 spiro atoms. The van der Waals surface area contributed by atoms with Crippen molar-refractivity contribution in [3.05, 3.63) is 11.5 Å². The van der Waals surface area contributed by atoms with Gasteiger partial charge in [0.05, 0.1) is 5.92 Å². The number of carboxylic acids is 1. The highest BCUT2D eigenvalue weighted by molar-refractivity contribution is 5.71. The highest BCUT2D eigenvalue weighted by atomic mass is 16.4. The molecule has 0 aromatic heterocycles. The maximum atomic E-state index is 11.1. The smallest absolute Gasteiger partial charge is 0.307 e. The van der Waals surface area contributed by atoms with Crippen LogP contribution in [0.5, 0.6) is 0 Å². The quantitative estimate of drug-likeness (QED) is 0.428. The van der Waals surface area contributed by atoms with Gasteiger partial charge in [-0.1, -0.05) is 45.4 Å². The summed E-state index contributed by atoms with van der Waals surface area (Å²) in [4.78, 5) is 11.1. The Hall–Kier alpha value is -1.19. The Kier molecular flexibility index (Phi) is 7.48. The van der Waals surface area contributed by atoms with Crippen LogP contribution in [0.1, 0.15) is 71.1 Å². The Morgan fingerprint density at radius 2 is 1.55 bits per heavy atom. The largest absolute Gasteiger partial charge is 0.509 e. The lowest BCUT2D eigenvalue weighted by Crippen LogP contribution is -2.20. The van der Waals surface area contributed by atoms with Crippen molar-refractivity contribution in [3.63, 3.8) is 0 Å². The van der Waals surface area contributed by atoms with Crippen LogP contribution in [0.25, 0.3) is 0 Å². The van der Waals surface area contributed by atoms with E-state index in [9.17, 15) is 15.0 Å². The number of aliphatic carboxylic acids is 1. The molecule has 1 rings (SSSR count). The van der Waals surface area contributed by atoms with Gasteiger partial charge in [0.25, 0.3) is 0 Å². The molecular weight excluding hydrogens is 256 g/mol. The summed E-state index contributed by atoms with van der Waals surface area (Å²) in [5, 5.41) is 29.1. The van der Waals surface area contributed by atoms with Crippen molar-refractivity contribution in [2.24, 2.45) is 11.8 Å². The van der Waals surface area contributed by atoms with Gasteiger partial charge in [0.1, 0.15) is 11.5 Å². The number of unbranched alkanes of at least 4 members (excludes halogenated alkanes) is 5. The van der Waals surface area contributed by atoms with Crippen LogP contribution in [0, 0.1) is 11.8 Å². The van der Waals surface area contributed by atoms with E-state index < -0.39 is 17.8 Å². The van der Waals surface area contributed by atoms with Crippen LogP contribution in [-0.2, 0) is 4.79 Å². The van der Waals surface area contributed by atoms with Gasteiger partial charge in [-0.25, -0.2) is 0 Å². The average Bonchev–Trinajstić information content (AvgIpc) is 2.91. The van der Waals surface area contributed by atoms with E-state index in [0.717, 1.165) is 25.7 Å². The summed E-state index contributed by atoms with van der Waals surface area (Å²) in [6, 6.07) is 0. The normalized spacial score (nSPS) is 23.6. The van der Waals surface area contributed by atoms with Crippen LogP contribution in [0.2, 0.25) is 0 Å². The molecule has 1 saturated carbocycles. The van der Waals surface area contributed by atoms with Gasteiger partial charge in [-0.3, -0.25) is 4.79 Å². The van der Waals surface area contributed by atoms with Crippen molar-refractivity contribution in [1.29, 1.82) is 0 Å². The van der Waals surface area contributed by atoms with Crippen LogP contribution in [0.3, 0.4) is 0 Å². The van der Waals surface area contributed by atoms with Crippen molar-refractivity contribution in [2.45, 2.75) is 71.1 Å². The zero-order valence-electron chi connectivity index (χ0n) is 12.5. The second-order valence-corrected chi connectivity index (χ2v) is 5.83. The molecular formula is C16H28O4. The molecule has 1 aliphatic carbocycles. The number of carboxylic acid groups (broad SMARTS) is 1. The van der Waals surface area contributed by atoms with Gasteiger partial charge >= 0.3 is 5.97 Å². The molecule has 4 heteroatoms. The van der Waals surface area contributed by atoms with Crippen molar-refractivity contribution < 1.29 is 20.1 Å². The lowest BCUT2D eigenvalue weighted by atomic mass is 9.93. The first-order chi connectivity index (χ1) is 9.57. The summed E-state index contributed by atoms with van der Waals surface area (Å²) >= 11 is 0. The van der Waals surface area contributed by atoms with Gasteiger partial charge in [-0.05, 0) is 19.3 Å². The molecule has 116 valence electrons. The Bertz CT molecular complexity index is 335. The third-order valence-electron chi connectivity index (χ3n) is 4.25. The van der Waals surface area contributed by atoms with Crippen molar-refractivity contribution in [1.82, 2.24) is 0 Å². The van der Waals surface area contributed by atoms with Gasteiger partial charge in [0, 0.05) is 12.3 Å². The standard InChI is InChI=1S/C16H28O4/c1-2-3-4-5-6-7-11-14(17)15(18)12-9-8-10-13(12)16(19)20/h12-13,17-18H,2-11H2,1H3,(H,19,20)/b15-14+. The second-order valence-electron chi connectivity index (χ2n) is 5.83. The van der Waals surface area contributed by atoms with Crippen molar-refractivity contribution >= 4 is 5.97 Å². The van der Waals surface area contributed by atoms with E-state index in [-0.39, 0.29) is 11.5 Å². The third kappa shape index (κ3) is 5.06. The van der Waals surface area contributed by atoms with E-state index in [4.69, 9.17) is 5.11 Å². The zero-order chi connectivity index (χ0) is 15.0. The maximum absolute atomic E-state index is 11.1. The number of hydrogen-bond donors (Lipinski definition) is 3. The number of allylic oxidation sites excluding steroid dienone is 2. The predicted octanol–water partition coefficient (Wildman–Crippen LogP) is 4.57. The van der Waals surface area contributed by atoms with Crippen molar-refractivity contribution in [2.75, 3.05) is 0 Å². The molecule has 20 heavy (non-hydrogen) atoms. The molecule has 3 N–H and O–H groups in total. The summed E-state index contributed by atoms with van der Waals surface area (Å²) < 4.78 is 0. The van der Waals surface area contributed by atoms with Crippen LogP contribution in [0.15, 0.2) is 11.5 Å². The summed E-state index contributed by atoms with van der Waals surface area (Å²) in [5.41, 5.74) is 0. The molecule has 0 radical (unpaired) electrons. The maximum Gasteiger partial charge on any atom is 0.307 e. The van der Waals surface area contributed by atoms with E-state index in [2.05, 4.69) is 6.92 Å². The summed E-state index contributed by atoms with van der Waals surface area (Å²) in [7, 11) is 0. The Morgan fingerprint density at radius 3 is 2.20 bits per heavy atom. The molecule has 1 aliphatic rings. The van der Waals surface area contributed by atoms with Crippen LogP contribution < -0.4 is 0 Å². The topological polar surface area (TPSA) is 77.8 Å². The lowest BCUT2D eigenvalue weighted by molar-refractivity contribution is -0.142. The van der Waals surface area contributed by atoms with Gasteiger partial charge in [-0.15, -0.1) is 0 Å². The predicted molar refractivity (Wildman–Crippen MR) is 78.7 cm³/mol. The van der Waals surface area contributed by atoms with Gasteiger partial charge in [0.15, 0.2) is 0 Å². The van der Waals surface area contributed by atoms with E-state index in [0.29, 0.717) is 19.3 Å². The van der Waals surface area contributed by atoms with Crippen molar-refractivity contribution in [3.8, 4) is 0 Å². The molecule has 0 amide bonds. The molecule has 0 bridgehead atoms.